The minimum Gasteiger partial charge on any atom is -0.489 e. The summed E-state index contributed by atoms with van der Waals surface area (Å²) in [7, 11) is 0. The molecule has 0 radical (unpaired) electrons. The van der Waals surface area contributed by atoms with E-state index in [1.807, 2.05) is 50.2 Å². The standard InChI is InChI=1S/C29H23N3O6S2/c1-15-7-9-18(10-8-15)31-27(33)23-22(24-26(30-29(35)40-24)39-25(23)28(31)34)20-13-19(32(36)37)11-12-21(20)38-14-17-6-4-3-5-16(17)2/h3-13,22-23,25H,14H2,1-2H3,(H,30,35)/t22-,23-,25+/m0/s1. The van der Waals surface area contributed by atoms with Gasteiger partial charge in [0.15, 0.2) is 0 Å². The van der Waals surface area contributed by atoms with E-state index >= 15 is 0 Å². The summed E-state index contributed by atoms with van der Waals surface area (Å²) in [5.74, 6) is -2.15. The van der Waals surface area contributed by atoms with Gasteiger partial charge in [0.05, 0.1) is 21.6 Å². The molecule has 3 aromatic carbocycles. The Labute approximate surface area is 237 Å². The van der Waals surface area contributed by atoms with E-state index in [0.29, 0.717) is 26.9 Å². The number of benzene rings is 3. The van der Waals surface area contributed by atoms with Crippen LogP contribution < -0.4 is 14.5 Å². The zero-order valence-corrected chi connectivity index (χ0v) is 23.1. The van der Waals surface area contributed by atoms with Gasteiger partial charge >= 0.3 is 4.87 Å². The smallest absolute Gasteiger partial charge is 0.305 e. The van der Waals surface area contributed by atoms with Crippen LogP contribution >= 0.6 is 23.1 Å². The van der Waals surface area contributed by atoms with E-state index in [2.05, 4.69) is 4.98 Å². The van der Waals surface area contributed by atoms with Gasteiger partial charge in [0.1, 0.15) is 17.6 Å². The lowest BCUT2D eigenvalue weighted by molar-refractivity contribution is -0.385. The molecule has 0 aliphatic carbocycles. The first-order valence-electron chi connectivity index (χ1n) is 12.5. The zero-order chi connectivity index (χ0) is 28.1. The van der Waals surface area contributed by atoms with Gasteiger partial charge in [-0.25, -0.2) is 4.90 Å². The van der Waals surface area contributed by atoms with Gasteiger partial charge in [-0.3, -0.25) is 24.5 Å². The van der Waals surface area contributed by atoms with E-state index in [4.69, 9.17) is 4.74 Å². The lowest BCUT2D eigenvalue weighted by atomic mass is 9.82. The summed E-state index contributed by atoms with van der Waals surface area (Å²) >= 11 is 2.10. The summed E-state index contributed by atoms with van der Waals surface area (Å²) in [5.41, 5.74) is 3.62. The number of thioether (sulfide) groups is 1. The average Bonchev–Trinajstić information content (AvgIpc) is 3.43. The van der Waals surface area contributed by atoms with E-state index in [0.717, 1.165) is 39.8 Å². The molecule has 1 aromatic heterocycles. The Balaban J connectivity index is 1.48. The number of aromatic amines is 1. The maximum absolute atomic E-state index is 14.0. The number of anilines is 1. The number of carbonyl (C=O) groups is 2. The molecule has 202 valence electrons. The molecule has 3 heterocycles. The first-order chi connectivity index (χ1) is 19.2. The molecule has 40 heavy (non-hydrogen) atoms. The number of nitrogens with one attached hydrogen (secondary N) is 1. The van der Waals surface area contributed by atoms with Crippen LogP contribution in [0.2, 0.25) is 0 Å². The van der Waals surface area contributed by atoms with Gasteiger partial charge in [0.25, 0.3) is 5.69 Å². The molecule has 2 amide bonds. The van der Waals surface area contributed by atoms with Gasteiger partial charge in [-0.1, -0.05) is 65.1 Å². The Morgan fingerprint density at radius 1 is 1.00 bits per heavy atom. The van der Waals surface area contributed by atoms with Crippen molar-refractivity contribution in [3.63, 3.8) is 0 Å². The summed E-state index contributed by atoms with van der Waals surface area (Å²) in [6.07, 6.45) is 0. The molecule has 0 saturated carbocycles. The molecule has 1 fully saturated rings. The molecule has 3 atom stereocenters. The highest BCUT2D eigenvalue weighted by Crippen LogP contribution is 2.55. The van der Waals surface area contributed by atoms with E-state index in [-0.39, 0.29) is 23.1 Å². The van der Waals surface area contributed by atoms with Crippen LogP contribution in [0.25, 0.3) is 0 Å². The first kappa shape index (κ1) is 26.0. The van der Waals surface area contributed by atoms with Gasteiger partial charge in [0.2, 0.25) is 11.8 Å². The first-order valence-corrected chi connectivity index (χ1v) is 14.2. The van der Waals surface area contributed by atoms with Crippen LogP contribution in [0, 0.1) is 29.9 Å². The predicted octanol–water partition coefficient (Wildman–Crippen LogP) is 5.34. The third-order valence-corrected chi connectivity index (χ3v) is 9.70. The normalized spacial score (nSPS) is 19.9. The van der Waals surface area contributed by atoms with Crippen LogP contribution in [-0.4, -0.2) is 27.0 Å². The Morgan fingerprint density at radius 3 is 2.48 bits per heavy atom. The highest BCUT2D eigenvalue weighted by atomic mass is 32.2. The van der Waals surface area contributed by atoms with Crippen molar-refractivity contribution in [3.05, 3.63) is 114 Å². The Kier molecular flexibility index (Phi) is 6.55. The Hall–Kier alpha value is -4.22. The lowest BCUT2D eigenvalue weighted by Gasteiger charge is -2.30. The van der Waals surface area contributed by atoms with Gasteiger partial charge in [0, 0.05) is 28.5 Å². The summed E-state index contributed by atoms with van der Waals surface area (Å²) < 4.78 is 6.23. The Bertz CT molecular complexity index is 1730. The van der Waals surface area contributed by atoms with Crippen molar-refractivity contribution in [1.29, 1.82) is 0 Å². The molecular formula is C29H23N3O6S2. The molecule has 0 unspecified atom stereocenters. The van der Waals surface area contributed by atoms with E-state index in [1.165, 1.54) is 23.1 Å². The summed E-state index contributed by atoms with van der Waals surface area (Å²) in [6, 6.07) is 19.1. The molecule has 2 aliphatic rings. The second-order valence-electron chi connectivity index (χ2n) is 9.79. The largest absolute Gasteiger partial charge is 0.489 e. The molecule has 11 heteroatoms. The van der Waals surface area contributed by atoms with Crippen LogP contribution in [-0.2, 0) is 16.2 Å². The third kappa shape index (κ3) is 4.40. The van der Waals surface area contributed by atoms with Crippen LogP contribution in [0.3, 0.4) is 0 Å². The maximum Gasteiger partial charge on any atom is 0.305 e. The number of aromatic nitrogens is 1. The van der Waals surface area contributed by atoms with Gasteiger partial charge in [-0.2, -0.15) is 0 Å². The molecule has 9 nitrogen and oxygen atoms in total. The van der Waals surface area contributed by atoms with Gasteiger partial charge in [-0.15, -0.1) is 0 Å². The number of aryl methyl sites for hydroxylation is 2. The van der Waals surface area contributed by atoms with E-state index < -0.39 is 27.9 Å². The number of rotatable bonds is 6. The number of non-ortho nitro benzene ring substituents is 1. The van der Waals surface area contributed by atoms with Crippen LogP contribution in [0.1, 0.15) is 33.0 Å². The summed E-state index contributed by atoms with van der Waals surface area (Å²) in [4.78, 5) is 55.7. The summed E-state index contributed by atoms with van der Waals surface area (Å²) in [5, 5.41) is 11.5. The zero-order valence-electron chi connectivity index (χ0n) is 21.5. The molecule has 2 aliphatic heterocycles. The van der Waals surface area contributed by atoms with Crippen molar-refractivity contribution >= 4 is 46.3 Å². The maximum atomic E-state index is 14.0. The lowest BCUT2D eigenvalue weighted by Crippen LogP contribution is -2.32. The van der Waals surface area contributed by atoms with Crippen LogP contribution in [0.4, 0.5) is 11.4 Å². The number of carbonyl (C=O) groups excluding carboxylic acids is 2. The Morgan fingerprint density at radius 2 is 1.75 bits per heavy atom. The number of ether oxygens (including phenoxy) is 1. The molecule has 1 saturated heterocycles. The SMILES string of the molecule is Cc1ccc(N2C(=O)[C@H]3[C@H](c4cc([N+](=O)[O-])ccc4OCc4ccccc4C)c4sc(=O)[nH]c4S[C@H]3C2=O)cc1. The van der Waals surface area contributed by atoms with E-state index in [1.54, 1.807) is 12.1 Å². The fraction of sp³-hybridized carbons (Fsp3) is 0.207. The van der Waals surface area contributed by atoms with Gasteiger partial charge in [-0.05, 0) is 43.2 Å². The van der Waals surface area contributed by atoms with Crippen molar-refractivity contribution in [2.75, 3.05) is 4.90 Å². The van der Waals surface area contributed by atoms with Crippen molar-refractivity contribution in [2.45, 2.75) is 36.6 Å². The van der Waals surface area contributed by atoms with Crippen molar-refractivity contribution in [1.82, 2.24) is 4.98 Å². The molecular weight excluding hydrogens is 550 g/mol. The molecule has 6 rings (SSSR count). The fourth-order valence-electron chi connectivity index (χ4n) is 5.25. The number of hydrogen-bond acceptors (Lipinski definition) is 8. The number of H-pyrrole nitrogens is 1. The number of nitro groups is 1. The quantitative estimate of drug-likeness (QED) is 0.188. The number of hydrogen-bond donors (Lipinski definition) is 1. The molecule has 1 N–H and O–H groups in total. The number of amides is 2. The highest BCUT2D eigenvalue weighted by Gasteiger charge is 2.57. The second-order valence-corrected chi connectivity index (χ2v) is 12.0. The average molecular weight is 574 g/mol. The van der Waals surface area contributed by atoms with Crippen LogP contribution in [0.15, 0.2) is 76.6 Å². The number of fused-ring (bicyclic) bond motifs is 2. The minimum absolute atomic E-state index is 0.176. The molecule has 4 aromatic rings. The number of imide groups is 1. The van der Waals surface area contributed by atoms with Crippen molar-refractivity contribution < 1.29 is 19.2 Å². The van der Waals surface area contributed by atoms with Gasteiger partial charge < -0.3 is 9.72 Å². The van der Waals surface area contributed by atoms with Crippen LogP contribution in [0.5, 0.6) is 5.75 Å². The number of nitrogens with zero attached hydrogens (tertiary/aromatic N) is 2. The molecule has 0 bridgehead atoms. The van der Waals surface area contributed by atoms with E-state index in [9.17, 15) is 24.5 Å². The third-order valence-electron chi connectivity index (χ3n) is 7.30. The second kappa shape index (κ2) is 10.1. The van der Waals surface area contributed by atoms with Crippen molar-refractivity contribution in [3.8, 4) is 5.75 Å². The predicted molar refractivity (Wildman–Crippen MR) is 152 cm³/mol. The topological polar surface area (TPSA) is 123 Å². The fourth-order valence-corrected chi connectivity index (χ4v) is 7.76. The number of thiazole rings is 1. The minimum atomic E-state index is -0.888. The van der Waals surface area contributed by atoms with Crippen molar-refractivity contribution in [2.24, 2.45) is 5.92 Å². The summed E-state index contributed by atoms with van der Waals surface area (Å²) in [6.45, 7) is 4.08. The molecule has 0 spiro atoms. The monoisotopic (exact) mass is 573 g/mol. The number of nitro benzene ring substituents is 1. The highest BCUT2D eigenvalue weighted by molar-refractivity contribution is 8.00.